The molecule has 0 atom stereocenters. The number of nitrogens with zero attached hydrogens (tertiary/aromatic N) is 2. The smallest absolute Gasteiger partial charge is 0.226 e. The summed E-state index contributed by atoms with van der Waals surface area (Å²) in [5, 5.41) is 2.53. The standard InChI is InChI=1S/C12H11BrFN3O/c13-9-1-2-11(10(14)7-9)16-12(18)3-5-17-6-4-15-8-17/h1-2,4,6-8H,3,5H2,(H,16,18). The average molecular weight is 312 g/mol. The van der Waals surface area contributed by atoms with Crippen molar-refractivity contribution in [2.45, 2.75) is 13.0 Å². The van der Waals surface area contributed by atoms with E-state index < -0.39 is 5.82 Å². The van der Waals surface area contributed by atoms with E-state index in [0.29, 0.717) is 11.0 Å². The van der Waals surface area contributed by atoms with Crippen molar-refractivity contribution in [3.8, 4) is 0 Å². The van der Waals surface area contributed by atoms with E-state index in [9.17, 15) is 9.18 Å². The molecule has 0 aliphatic heterocycles. The van der Waals surface area contributed by atoms with E-state index in [1.165, 1.54) is 12.1 Å². The van der Waals surface area contributed by atoms with Crippen molar-refractivity contribution in [2.24, 2.45) is 0 Å². The van der Waals surface area contributed by atoms with Crippen molar-refractivity contribution in [3.63, 3.8) is 0 Å². The lowest BCUT2D eigenvalue weighted by atomic mass is 10.3. The molecule has 6 heteroatoms. The summed E-state index contributed by atoms with van der Waals surface area (Å²) in [5.41, 5.74) is 0.189. The van der Waals surface area contributed by atoms with Gasteiger partial charge in [0, 0.05) is 29.8 Å². The van der Waals surface area contributed by atoms with Crippen LogP contribution in [0.25, 0.3) is 0 Å². The predicted molar refractivity (Wildman–Crippen MR) is 69.6 cm³/mol. The summed E-state index contributed by atoms with van der Waals surface area (Å²) in [6.07, 6.45) is 5.32. The number of rotatable bonds is 4. The summed E-state index contributed by atoms with van der Waals surface area (Å²) >= 11 is 3.16. The number of carbonyl (C=O) groups is 1. The Morgan fingerprint density at radius 3 is 3.00 bits per heavy atom. The molecule has 18 heavy (non-hydrogen) atoms. The Kier molecular flexibility index (Phi) is 4.09. The zero-order valence-corrected chi connectivity index (χ0v) is 11.0. The van der Waals surface area contributed by atoms with Crippen molar-refractivity contribution < 1.29 is 9.18 Å². The van der Waals surface area contributed by atoms with E-state index >= 15 is 0 Å². The van der Waals surface area contributed by atoms with Gasteiger partial charge in [-0.05, 0) is 18.2 Å². The van der Waals surface area contributed by atoms with Gasteiger partial charge in [0.25, 0.3) is 0 Å². The molecule has 0 fully saturated rings. The molecule has 0 spiro atoms. The van der Waals surface area contributed by atoms with Crippen molar-refractivity contribution in [1.82, 2.24) is 9.55 Å². The topological polar surface area (TPSA) is 46.9 Å². The van der Waals surface area contributed by atoms with E-state index in [-0.39, 0.29) is 18.0 Å². The van der Waals surface area contributed by atoms with Gasteiger partial charge in [0.1, 0.15) is 5.82 Å². The van der Waals surface area contributed by atoms with Crippen LogP contribution in [0.1, 0.15) is 6.42 Å². The molecule has 1 aromatic carbocycles. The molecule has 0 unspecified atom stereocenters. The number of aryl methyl sites for hydroxylation is 1. The number of anilines is 1. The van der Waals surface area contributed by atoms with Crippen LogP contribution in [0.15, 0.2) is 41.4 Å². The number of carbonyl (C=O) groups excluding carboxylic acids is 1. The first-order valence-corrected chi connectivity index (χ1v) is 6.15. The number of imidazole rings is 1. The fourth-order valence-electron chi connectivity index (χ4n) is 1.45. The Labute approximate surface area is 112 Å². The summed E-state index contributed by atoms with van der Waals surface area (Å²) in [6, 6.07) is 4.51. The van der Waals surface area contributed by atoms with Crippen LogP contribution in [-0.4, -0.2) is 15.5 Å². The largest absolute Gasteiger partial charge is 0.337 e. The van der Waals surface area contributed by atoms with Gasteiger partial charge in [-0.25, -0.2) is 9.37 Å². The molecule has 1 N–H and O–H groups in total. The first-order chi connectivity index (χ1) is 8.65. The zero-order valence-electron chi connectivity index (χ0n) is 9.44. The minimum absolute atomic E-state index is 0.189. The number of benzene rings is 1. The highest BCUT2D eigenvalue weighted by Gasteiger charge is 2.07. The highest BCUT2D eigenvalue weighted by atomic mass is 79.9. The molecule has 0 saturated carbocycles. The van der Waals surface area contributed by atoms with Crippen molar-refractivity contribution >= 4 is 27.5 Å². The predicted octanol–water partition coefficient (Wildman–Crippen LogP) is 2.81. The minimum Gasteiger partial charge on any atom is -0.337 e. The van der Waals surface area contributed by atoms with Crippen LogP contribution in [0.4, 0.5) is 10.1 Å². The third-order valence-corrected chi connectivity index (χ3v) is 2.85. The van der Waals surface area contributed by atoms with Crippen LogP contribution in [0.2, 0.25) is 0 Å². The Hall–Kier alpha value is -1.69. The molecule has 1 aromatic heterocycles. The molecule has 2 rings (SSSR count). The van der Waals surface area contributed by atoms with Crippen LogP contribution in [0, 0.1) is 5.82 Å². The summed E-state index contributed by atoms with van der Waals surface area (Å²) < 4.78 is 15.9. The molecule has 0 bridgehead atoms. The average Bonchev–Trinajstić information content (AvgIpc) is 2.83. The Morgan fingerprint density at radius 1 is 1.50 bits per heavy atom. The summed E-state index contributed by atoms with van der Waals surface area (Å²) in [4.78, 5) is 15.5. The van der Waals surface area contributed by atoms with Gasteiger partial charge in [0.15, 0.2) is 0 Å². The molecule has 94 valence electrons. The summed E-state index contributed by atoms with van der Waals surface area (Å²) in [6.45, 7) is 0.518. The van der Waals surface area contributed by atoms with E-state index in [0.717, 1.165) is 0 Å². The molecule has 4 nitrogen and oxygen atoms in total. The van der Waals surface area contributed by atoms with Gasteiger partial charge in [0.05, 0.1) is 12.0 Å². The Morgan fingerprint density at radius 2 is 2.33 bits per heavy atom. The lowest BCUT2D eigenvalue weighted by molar-refractivity contribution is -0.116. The lowest BCUT2D eigenvalue weighted by Gasteiger charge is -2.07. The number of halogens is 2. The number of amides is 1. The van der Waals surface area contributed by atoms with E-state index in [1.54, 1.807) is 29.4 Å². The highest BCUT2D eigenvalue weighted by Crippen LogP contribution is 2.19. The fourth-order valence-corrected chi connectivity index (χ4v) is 1.79. The second-order valence-electron chi connectivity index (χ2n) is 3.72. The van der Waals surface area contributed by atoms with Gasteiger partial charge in [0.2, 0.25) is 5.91 Å². The third-order valence-electron chi connectivity index (χ3n) is 2.36. The highest BCUT2D eigenvalue weighted by molar-refractivity contribution is 9.10. The molecule has 1 amide bonds. The molecule has 1 heterocycles. The van der Waals surface area contributed by atoms with E-state index in [1.807, 2.05) is 0 Å². The van der Waals surface area contributed by atoms with Gasteiger partial charge in [-0.1, -0.05) is 15.9 Å². The SMILES string of the molecule is O=C(CCn1ccnc1)Nc1ccc(Br)cc1F. The quantitative estimate of drug-likeness (QED) is 0.943. The van der Waals surface area contributed by atoms with Gasteiger partial charge < -0.3 is 9.88 Å². The maximum absolute atomic E-state index is 13.5. The number of aromatic nitrogens is 2. The van der Waals surface area contributed by atoms with Crippen LogP contribution in [0.3, 0.4) is 0 Å². The first kappa shape index (κ1) is 12.8. The normalized spacial score (nSPS) is 10.3. The monoisotopic (exact) mass is 311 g/mol. The molecule has 0 aliphatic rings. The lowest BCUT2D eigenvalue weighted by Crippen LogP contribution is -2.14. The molecular formula is C12H11BrFN3O. The molecule has 0 aliphatic carbocycles. The van der Waals surface area contributed by atoms with Gasteiger partial charge in [-0.2, -0.15) is 0 Å². The molecule has 2 aromatic rings. The van der Waals surface area contributed by atoms with Crippen molar-refractivity contribution in [3.05, 3.63) is 47.2 Å². The summed E-state index contributed by atoms with van der Waals surface area (Å²) in [5.74, 6) is -0.690. The first-order valence-electron chi connectivity index (χ1n) is 5.36. The summed E-state index contributed by atoms with van der Waals surface area (Å²) in [7, 11) is 0. The number of nitrogens with one attached hydrogen (secondary N) is 1. The molecular weight excluding hydrogens is 301 g/mol. The Bertz CT molecular complexity index is 542. The maximum atomic E-state index is 13.5. The van der Waals surface area contributed by atoms with E-state index in [2.05, 4.69) is 26.2 Å². The van der Waals surface area contributed by atoms with Crippen LogP contribution in [0.5, 0.6) is 0 Å². The van der Waals surface area contributed by atoms with Crippen LogP contribution in [-0.2, 0) is 11.3 Å². The van der Waals surface area contributed by atoms with E-state index in [4.69, 9.17) is 0 Å². The number of hydrogen-bond donors (Lipinski definition) is 1. The fraction of sp³-hybridized carbons (Fsp3) is 0.167. The van der Waals surface area contributed by atoms with Crippen molar-refractivity contribution in [1.29, 1.82) is 0 Å². The van der Waals surface area contributed by atoms with Crippen molar-refractivity contribution in [2.75, 3.05) is 5.32 Å². The van der Waals surface area contributed by atoms with Gasteiger partial charge in [-0.15, -0.1) is 0 Å². The van der Waals surface area contributed by atoms with Crippen LogP contribution < -0.4 is 5.32 Å². The Balaban J connectivity index is 1.91. The van der Waals surface area contributed by atoms with Gasteiger partial charge in [-0.3, -0.25) is 4.79 Å². The maximum Gasteiger partial charge on any atom is 0.226 e. The second-order valence-corrected chi connectivity index (χ2v) is 4.64. The minimum atomic E-state index is -0.458. The molecule has 0 saturated heterocycles. The second kappa shape index (κ2) is 5.77. The number of hydrogen-bond acceptors (Lipinski definition) is 2. The van der Waals surface area contributed by atoms with Gasteiger partial charge >= 0.3 is 0 Å². The zero-order chi connectivity index (χ0) is 13.0. The van der Waals surface area contributed by atoms with Crippen LogP contribution >= 0.6 is 15.9 Å². The molecule has 0 radical (unpaired) electrons. The third kappa shape index (κ3) is 3.40.